The highest BCUT2D eigenvalue weighted by atomic mass is 35.5. The molecule has 4 N–H and O–H groups in total. The van der Waals surface area contributed by atoms with E-state index in [-0.39, 0.29) is 0 Å². The molecule has 23 heavy (non-hydrogen) atoms. The molecule has 1 fully saturated rings. The molecule has 126 valence electrons. The molecular formula is C16H21ClN2O4. The van der Waals surface area contributed by atoms with Crippen molar-refractivity contribution in [2.75, 3.05) is 5.32 Å². The van der Waals surface area contributed by atoms with Gasteiger partial charge >= 0.3 is 12.1 Å². The number of aliphatic carboxylic acids is 1. The molecule has 0 radical (unpaired) electrons. The molecule has 0 heterocycles. The van der Waals surface area contributed by atoms with Crippen molar-refractivity contribution in [1.29, 1.82) is 0 Å². The van der Waals surface area contributed by atoms with Crippen molar-refractivity contribution in [3.05, 3.63) is 28.8 Å². The van der Waals surface area contributed by atoms with E-state index < -0.39 is 29.1 Å². The van der Waals surface area contributed by atoms with E-state index in [4.69, 9.17) is 22.1 Å². The standard InChI is InChI=1S/C16H21ClN2O4/c1-15(2,3)23-14(22)19-9-4-5-11(17)10(8-9)16(6-7-16)12(18)13(20)21/h4-5,8,12H,6-7,18H2,1-3H3,(H,19,22)(H,20,21). The fourth-order valence-corrected chi connectivity index (χ4v) is 2.83. The molecule has 1 aromatic carbocycles. The highest BCUT2D eigenvalue weighted by Crippen LogP contribution is 2.53. The van der Waals surface area contributed by atoms with Crippen LogP contribution < -0.4 is 11.1 Å². The highest BCUT2D eigenvalue weighted by Gasteiger charge is 2.53. The average molecular weight is 341 g/mol. The van der Waals surface area contributed by atoms with Gasteiger partial charge in [-0.15, -0.1) is 0 Å². The second-order valence-electron chi connectivity index (χ2n) is 6.79. The number of nitrogens with one attached hydrogen (secondary N) is 1. The number of halogens is 1. The summed E-state index contributed by atoms with van der Waals surface area (Å²) < 4.78 is 5.20. The predicted molar refractivity (Wildman–Crippen MR) is 87.8 cm³/mol. The van der Waals surface area contributed by atoms with Crippen LogP contribution in [0.4, 0.5) is 10.5 Å². The zero-order valence-corrected chi connectivity index (χ0v) is 14.1. The van der Waals surface area contributed by atoms with Crippen LogP contribution in [0.25, 0.3) is 0 Å². The van der Waals surface area contributed by atoms with Gasteiger partial charge in [0.15, 0.2) is 0 Å². The lowest BCUT2D eigenvalue weighted by Gasteiger charge is -2.23. The molecule has 2 rings (SSSR count). The molecule has 7 heteroatoms. The zero-order valence-electron chi connectivity index (χ0n) is 13.4. The Morgan fingerprint density at radius 1 is 1.39 bits per heavy atom. The second kappa shape index (κ2) is 6.02. The van der Waals surface area contributed by atoms with Gasteiger partial charge in [0.05, 0.1) is 0 Å². The van der Waals surface area contributed by atoms with Crippen LogP contribution in [0.3, 0.4) is 0 Å². The van der Waals surface area contributed by atoms with Crippen molar-refractivity contribution in [1.82, 2.24) is 0 Å². The van der Waals surface area contributed by atoms with E-state index in [1.54, 1.807) is 39.0 Å². The fraction of sp³-hybridized carbons (Fsp3) is 0.500. The van der Waals surface area contributed by atoms with Crippen LogP contribution in [-0.2, 0) is 14.9 Å². The molecule has 0 aromatic heterocycles. The number of nitrogens with two attached hydrogens (primary N) is 1. The first-order valence-corrected chi connectivity index (χ1v) is 7.71. The minimum atomic E-state index is -1.07. The van der Waals surface area contributed by atoms with Gasteiger partial charge in [0, 0.05) is 16.1 Å². The minimum Gasteiger partial charge on any atom is -0.480 e. The van der Waals surface area contributed by atoms with Crippen LogP contribution in [0.5, 0.6) is 0 Å². The topological polar surface area (TPSA) is 102 Å². The molecule has 0 saturated heterocycles. The van der Waals surface area contributed by atoms with Crippen LogP contribution in [0.15, 0.2) is 18.2 Å². The molecule has 1 amide bonds. The average Bonchev–Trinajstić information content (AvgIpc) is 3.19. The number of amides is 1. The van der Waals surface area contributed by atoms with Gasteiger partial charge in [-0.05, 0) is 57.4 Å². The number of anilines is 1. The summed E-state index contributed by atoms with van der Waals surface area (Å²) in [5.41, 5.74) is 5.67. The number of hydrogen-bond donors (Lipinski definition) is 3. The number of carboxylic acid groups (broad SMARTS) is 1. The lowest BCUT2D eigenvalue weighted by molar-refractivity contribution is -0.139. The van der Waals surface area contributed by atoms with Gasteiger partial charge < -0.3 is 15.6 Å². The third kappa shape index (κ3) is 3.95. The van der Waals surface area contributed by atoms with Crippen molar-refractivity contribution < 1.29 is 19.4 Å². The number of carbonyl (C=O) groups excluding carboxylic acids is 1. The second-order valence-corrected chi connectivity index (χ2v) is 7.20. The Morgan fingerprint density at radius 2 is 2.00 bits per heavy atom. The SMILES string of the molecule is CC(C)(C)OC(=O)Nc1ccc(Cl)c(C2(C(N)C(=O)O)CC2)c1. The first kappa shape index (κ1) is 17.6. The number of carboxylic acids is 1. The van der Waals surface area contributed by atoms with E-state index >= 15 is 0 Å². The summed E-state index contributed by atoms with van der Waals surface area (Å²) in [6, 6.07) is 3.90. The molecule has 1 aliphatic rings. The third-order valence-electron chi connectivity index (χ3n) is 3.80. The summed E-state index contributed by atoms with van der Waals surface area (Å²) >= 11 is 6.22. The molecule has 0 aliphatic heterocycles. The first-order chi connectivity index (χ1) is 10.5. The molecule has 1 aliphatic carbocycles. The Balaban J connectivity index is 2.24. The number of rotatable bonds is 4. The molecule has 6 nitrogen and oxygen atoms in total. The van der Waals surface area contributed by atoms with Crippen LogP contribution in [0.2, 0.25) is 5.02 Å². The van der Waals surface area contributed by atoms with E-state index in [9.17, 15) is 14.7 Å². The first-order valence-electron chi connectivity index (χ1n) is 7.33. The van der Waals surface area contributed by atoms with Gasteiger partial charge in [-0.25, -0.2) is 4.79 Å². The summed E-state index contributed by atoms with van der Waals surface area (Å²) in [4.78, 5) is 23.1. The lowest BCUT2D eigenvalue weighted by atomic mass is 9.88. The summed E-state index contributed by atoms with van der Waals surface area (Å²) in [7, 11) is 0. The molecule has 1 atom stereocenters. The van der Waals surface area contributed by atoms with Crippen LogP contribution in [0.1, 0.15) is 39.2 Å². The van der Waals surface area contributed by atoms with Crippen molar-refractivity contribution in [3.63, 3.8) is 0 Å². The largest absolute Gasteiger partial charge is 0.480 e. The monoisotopic (exact) mass is 340 g/mol. The minimum absolute atomic E-state index is 0.439. The highest BCUT2D eigenvalue weighted by molar-refractivity contribution is 6.31. The van der Waals surface area contributed by atoms with E-state index in [0.29, 0.717) is 29.1 Å². The molecule has 1 unspecified atom stereocenters. The normalized spacial score (nSPS) is 17.3. The zero-order chi connectivity index (χ0) is 17.4. The number of hydrogen-bond acceptors (Lipinski definition) is 4. The third-order valence-corrected chi connectivity index (χ3v) is 4.13. The summed E-state index contributed by atoms with van der Waals surface area (Å²) in [6.07, 6.45) is 0.713. The molecule has 1 aromatic rings. The van der Waals surface area contributed by atoms with Crippen LogP contribution >= 0.6 is 11.6 Å². The Hall–Kier alpha value is -1.79. The molecular weight excluding hydrogens is 320 g/mol. The summed E-state index contributed by atoms with van der Waals surface area (Å²) in [5.74, 6) is -1.07. The smallest absolute Gasteiger partial charge is 0.412 e. The Bertz CT molecular complexity index is 635. The number of ether oxygens (including phenoxy) is 1. The van der Waals surface area contributed by atoms with Crippen molar-refractivity contribution >= 4 is 29.4 Å². The van der Waals surface area contributed by atoms with Gasteiger partial charge in [-0.3, -0.25) is 10.1 Å². The quantitative estimate of drug-likeness (QED) is 0.781. The molecule has 0 spiro atoms. The number of benzene rings is 1. The maximum absolute atomic E-state index is 11.8. The van der Waals surface area contributed by atoms with Gasteiger partial charge in [-0.1, -0.05) is 11.6 Å². The van der Waals surface area contributed by atoms with Crippen molar-refractivity contribution in [2.45, 2.75) is 50.7 Å². The van der Waals surface area contributed by atoms with Gasteiger partial charge in [0.2, 0.25) is 0 Å². The molecule has 0 bridgehead atoms. The van der Waals surface area contributed by atoms with Gasteiger partial charge in [0.1, 0.15) is 11.6 Å². The fourth-order valence-electron chi connectivity index (χ4n) is 2.52. The summed E-state index contributed by atoms with van der Waals surface area (Å²) in [5, 5.41) is 12.3. The van der Waals surface area contributed by atoms with E-state index in [1.807, 2.05) is 0 Å². The summed E-state index contributed by atoms with van der Waals surface area (Å²) in [6.45, 7) is 5.31. The van der Waals surface area contributed by atoms with E-state index in [1.165, 1.54) is 0 Å². The van der Waals surface area contributed by atoms with Crippen molar-refractivity contribution in [2.24, 2.45) is 5.73 Å². The maximum Gasteiger partial charge on any atom is 0.412 e. The predicted octanol–water partition coefficient (Wildman–Crippen LogP) is 3.13. The molecule has 1 saturated carbocycles. The number of carbonyl (C=O) groups is 2. The van der Waals surface area contributed by atoms with Crippen molar-refractivity contribution in [3.8, 4) is 0 Å². The van der Waals surface area contributed by atoms with Crippen LogP contribution in [0, 0.1) is 0 Å². The Morgan fingerprint density at radius 3 is 2.48 bits per heavy atom. The maximum atomic E-state index is 11.8. The van der Waals surface area contributed by atoms with Crippen LogP contribution in [-0.4, -0.2) is 28.8 Å². The van der Waals surface area contributed by atoms with E-state index in [2.05, 4.69) is 5.32 Å². The van der Waals surface area contributed by atoms with E-state index in [0.717, 1.165) is 0 Å². The van der Waals surface area contributed by atoms with Gasteiger partial charge in [0.25, 0.3) is 0 Å². The Labute approximate surface area is 139 Å². The Kier molecular flexibility index (Phi) is 4.59. The van der Waals surface area contributed by atoms with Gasteiger partial charge in [-0.2, -0.15) is 0 Å². The lowest BCUT2D eigenvalue weighted by Crippen LogP contribution is -2.42.